The number of aryl methyl sites for hydroxylation is 1. The first-order valence-electron chi connectivity index (χ1n) is 9.11. The normalized spacial score (nSPS) is 18.3. The minimum atomic E-state index is -0.0412. The molecule has 1 unspecified atom stereocenters. The van der Waals surface area contributed by atoms with Crippen LogP contribution in [0.1, 0.15) is 29.2 Å². The second-order valence-electron chi connectivity index (χ2n) is 7.16. The first kappa shape index (κ1) is 17.8. The smallest absolute Gasteiger partial charge is 0.201 e. The maximum Gasteiger partial charge on any atom is 0.201 e. The van der Waals surface area contributed by atoms with Crippen LogP contribution in [-0.2, 0) is 12.8 Å². The van der Waals surface area contributed by atoms with E-state index < -0.39 is 0 Å². The molecule has 0 saturated heterocycles. The zero-order valence-corrected chi connectivity index (χ0v) is 16.1. The highest BCUT2D eigenvalue weighted by Crippen LogP contribution is 2.56. The highest BCUT2D eigenvalue weighted by atomic mass is 16.5. The minimum absolute atomic E-state index is 0.0412. The standard InChI is InChI=1S/C21H25NO5/c1-22-8-7-12-9-14(23)20(26-3)18-16(12)13(22)6-5-11-10-15(25-2)19(24)21(27-4)17(11)18/h9-10,13,23-24H,5-8H2,1-4H3. The Morgan fingerprint density at radius 2 is 1.67 bits per heavy atom. The van der Waals surface area contributed by atoms with Gasteiger partial charge in [-0.25, -0.2) is 0 Å². The fourth-order valence-corrected chi connectivity index (χ4v) is 4.59. The van der Waals surface area contributed by atoms with Crippen LogP contribution in [0, 0.1) is 0 Å². The maximum absolute atomic E-state index is 10.7. The van der Waals surface area contributed by atoms with E-state index in [0.717, 1.165) is 53.6 Å². The molecule has 6 heteroatoms. The Bertz CT molecular complexity index is 908. The lowest BCUT2D eigenvalue weighted by Crippen LogP contribution is -2.32. The molecule has 6 nitrogen and oxygen atoms in total. The van der Waals surface area contributed by atoms with Crippen LogP contribution in [0.25, 0.3) is 11.1 Å². The van der Waals surface area contributed by atoms with Crippen molar-refractivity contribution in [3.8, 4) is 39.9 Å². The summed E-state index contributed by atoms with van der Waals surface area (Å²) in [5, 5.41) is 21.3. The molecule has 0 spiro atoms. The van der Waals surface area contributed by atoms with E-state index >= 15 is 0 Å². The summed E-state index contributed by atoms with van der Waals surface area (Å²) in [5.74, 6) is 1.22. The quantitative estimate of drug-likeness (QED) is 0.863. The summed E-state index contributed by atoms with van der Waals surface area (Å²) >= 11 is 0. The second kappa shape index (κ2) is 6.53. The fraction of sp³-hybridized carbons (Fsp3) is 0.429. The summed E-state index contributed by atoms with van der Waals surface area (Å²) in [5.41, 5.74) is 4.87. The lowest BCUT2D eigenvalue weighted by atomic mass is 9.85. The average Bonchev–Trinajstić information content (AvgIpc) is 2.83. The third-order valence-electron chi connectivity index (χ3n) is 5.85. The molecule has 2 aromatic carbocycles. The lowest BCUT2D eigenvalue weighted by Gasteiger charge is -2.36. The molecule has 0 radical (unpaired) electrons. The summed E-state index contributed by atoms with van der Waals surface area (Å²) in [4.78, 5) is 2.35. The predicted molar refractivity (Wildman–Crippen MR) is 102 cm³/mol. The van der Waals surface area contributed by atoms with Gasteiger partial charge in [0.2, 0.25) is 5.75 Å². The Morgan fingerprint density at radius 1 is 0.926 bits per heavy atom. The van der Waals surface area contributed by atoms with Crippen molar-refractivity contribution < 1.29 is 24.4 Å². The third kappa shape index (κ3) is 2.51. The zero-order valence-electron chi connectivity index (χ0n) is 16.1. The molecular weight excluding hydrogens is 346 g/mol. The number of phenolic OH excluding ortho intramolecular Hbond substituents is 2. The summed E-state index contributed by atoms with van der Waals surface area (Å²) in [6, 6.07) is 3.89. The van der Waals surface area contributed by atoms with Gasteiger partial charge in [0.1, 0.15) is 0 Å². The molecule has 1 heterocycles. The Kier molecular flexibility index (Phi) is 4.30. The molecule has 0 aromatic heterocycles. The van der Waals surface area contributed by atoms with E-state index in [1.54, 1.807) is 7.11 Å². The Hall–Kier alpha value is -2.60. The molecule has 2 aromatic rings. The molecule has 1 atom stereocenters. The van der Waals surface area contributed by atoms with Crippen molar-refractivity contribution in [1.82, 2.24) is 4.90 Å². The maximum atomic E-state index is 10.7. The van der Waals surface area contributed by atoms with Crippen molar-refractivity contribution in [3.63, 3.8) is 0 Å². The van der Waals surface area contributed by atoms with E-state index in [1.165, 1.54) is 14.2 Å². The summed E-state index contributed by atoms with van der Waals surface area (Å²) in [6.45, 7) is 0.935. The van der Waals surface area contributed by atoms with Crippen molar-refractivity contribution in [2.45, 2.75) is 25.3 Å². The van der Waals surface area contributed by atoms with Crippen molar-refractivity contribution in [3.05, 3.63) is 28.8 Å². The number of phenols is 2. The van der Waals surface area contributed by atoms with Crippen LogP contribution < -0.4 is 14.2 Å². The van der Waals surface area contributed by atoms with Crippen LogP contribution in [0.2, 0.25) is 0 Å². The van der Waals surface area contributed by atoms with E-state index in [-0.39, 0.29) is 17.5 Å². The highest BCUT2D eigenvalue weighted by molar-refractivity contribution is 5.88. The molecule has 0 fully saturated rings. The first-order chi connectivity index (χ1) is 13.0. The van der Waals surface area contributed by atoms with Crippen molar-refractivity contribution in [2.75, 3.05) is 34.9 Å². The van der Waals surface area contributed by atoms with Crippen LogP contribution in [0.3, 0.4) is 0 Å². The van der Waals surface area contributed by atoms with Gasteiger partial charge in [-0.2, -0.15) is 0 Å². The number of likely N-dealkylation sites (N-methyl/N-ethyl adjacent to an activating group) is 1. The Morgan fingerprint density at radius 3 is 2.33 bits per heavy atom. The summed E-state index contributed by atoms with van der Waals surface area (Å²) in [6.07, 6.45) is 2.58. The zero-order chi connectivity index (χ0) is 19.3. The van der Waals surface area contributed by atoms with Gasteiger partial charge in [0.05, 0.1) is 21.3 Å². The molecule has 1 aliphatic heterocycles. The topological polar surface area (TPSA) is 71.4 Å². The molecule has 1 aliphatic carbocycles. The van der Waals surface area contributed by atoms with Gasteiger partial charge in [-0.3, -0.25) is 4.90 Å². The molecule has 2 N–H and O–H groups in total. The predicted octanol–water partition coefficient (Wildman–Crippen LogP) is 3.27. The summed E-state index contributed by atoms with van der Waals surface area (Å²) < 4.78 is 16.6. The van der Waals surface area contributed by atoms with Gasteiger partial charge in [0, 0.05) is 23.7 Å². The van der Waals surface area contributed by atoms with E-state index in [1.807, 2.05) is 12.1 Å². The lowest BCUT2D eigenvalue weighted by molar-refractivity contribution is 0.220. The molecule has 0 amide bonds. The van der Waals surface area contributed by atoms with Crippen molar-refractivity contribution in [2.24, 2.45) is 0 Å². The molecule has 0 bridgehead atoms. The average molecular weight is 371 g/mol. The number of benzene rings is 2. The van der Waals surface area contributed by atoms with Crippen LogP contribution in [0.4, 0.5) is 0 Å². The molecule has 2 aliphatic rings. The summed E-state index contributed by atoms with van der Waals surface area (Å²) in [7, 11) is 6.74. The molecule has 4 rings (SSSR count). The number of aromatic hydroxyl groups is 2. The Balaban J connectivity index is 2.14. The van der Waals surface area contributed by atoms with Crippen LogP contribution >= 0.6 is 0 Å². The van der Waals surface area contributed by atoms with E-state index in [0.29, 0.717) is 17.2 Å². The SMILES string of the molecule is COc1cc2c(c(OC)c1O)-c1c(OC)c(O)cc3c1C(CC2)N(C)CC3. The number of hydrogen-bond acceptors (Lipinski definition) is 6. The van der Waals surface area contributed by atoms with Gasteiger partial charge >= 0.3 is 0 Å². The molecule has 0 saturated carbocycles. The number of methoxy groups -OCH3 is 3. The fourth-order valence-electron chi connectivity index (χ4n) is 4.59. The minimum Gasteiger partial charge on any atom is -0.504 e. The van der Waals surface area contributed by atoms with Gasteiger partial charge in [-0.05, 0) is 55.1 Å². The number of rotatable bonds is 3. The van der Waals surface area contributed by atoms with E-state index in [9.17, 15) is 10.2 Å². The van der Waals surface area contributed by atoms with E-state index in [4.69, 9.17) is 14.2 Å². The van der Waals surface area contributed by atoms with Crippen LogP contribution in [0.5, 0.6) is 28.7 Å². The van der Waals surface area contributed by atoms with Crippen LogP contribution in [-0.4, -0.2) is 50.0 Å². The number of ether oxygens (including phenoxy) is 3. The van der Waals surface area contributed by atoms with Crippen molar-refractivity contribution >= 4 is 0 Å². The van der Waals surface area contributed by atoms with Gasteiger partial charge < -0.3 is 24.4 Å². The Labute approximate surface area is 158 Å². The number of hydrogen-bond donors (Lipinski definition) is 2. The monoisotopic (exact) mass is 371 g/mol. The second-order valence-corrected chi connectivity index (χ2v) is 7.16. The van der Waals surface area contributed by atoms with Crippen LogP contribution in [0.15, 0.2) is 12.1 Å². The van der Waals surface area contributed by atoms with E-state index in [2.05, 4.69) is 11.9 Å². The van der Waals surface area contributed by atoms with Crippen molar-refractivity contribution in [1.29, 1.82) is 0 Å². The van der Waals surface area contributed by atoms with Gasteiger partial charge in [-0.1, -0.05) is 0 Å². The van der Waals surface area contributed by atoms with Gasteiger partial charge in [0.25, 0.3) is 0 Å². The number of nitrogens with zero attached hydrogens (tertiary/aromatic N) is 1. The largest absolute Gasteiger partial charge is 0.504 e. The molecule has 144 valence electrons. The van der Waals surface area contributed by atoms with Gasteiger partial charge in [0.15, 0.2) is 23.0 Å². The van der Waals surface area contributed by atoms with Gasteiger partial charge in [-0.15, -0.1) is 0 Å². The first-order valence-corrected chi connectivity index (χ1v) is 9.11. The molecular formula is C21H25NO5. The molecule has 27 heavy (non-hydrogen) atoms. The third-order valence-corrected chi connectivity index (χ3v) is 5.85. The number of fused-ring (bicyclic) bond motifs is 2. The highest BCUT2D eigenvalue weighted by Gasteiger charge is 2.36.